The van der Waals surface area contributed by atoms with Gasteiger partial charge in [0.05, 0.1) is 7.11 Å². The summed E-state index contributed by atoms with van der Waals surface area (Å²) in [5.41, 5.74) is 0.613. The third-order valence-electron chi connectivity index (χ3n) is 2.44. The van der Waals surface area contributed by atoms with Crippen molar-refractivity contribution < 1.29 is 19.1 Å². The molecule has 19 heavy (non-hydrogen) atoms. The Labute approximate surface area is 109 Å². The van der Waals surface area contributed by atoms with Crippen molar-refractivity contribution in [3.05, 3.63) is 24.2 Å². The number of carboxylic acids is 1. The van der Waals surface area contributed by atoms with E-state index in [0.29, 0.717) is 36.1 Å². The Bertz CT molecular complexity index is 568. The maximum absolute atomic E-state index is 10.4. The van der Waals surface area contributed by atoms with Crippen LogP contribution in [0.25, 0.3) is 11.5 Å². The first kappa shape index (κ1) is 13.0. The number of aromatic nitrogens is 3. The zero-order chi connectivity index (χ0) is 13.7. The largest absolute Gasteiger partial charge is 0.481 e. The quantitative estimate of drug-likeness (QED) is 0.844. The molecule has 2 heterocycles. The van der Waals surface area contributed by atoms with Crippen molar-refractivity contribution in [1.29, 1.82) is 0 Å². The van der Waals surface area contributed by atoms with Crippen LogP contribution in [0.4, 0.5) is 0 Å². The molecule has 2 aromatic rings. The highest BCUT2D eigenvalue weighted by molar-refractivity contribution is 5.66. The Kier molecular flexibility index (Phi) is 4.07. The fourth-order valence-electron chi connectivity index (χ4n) is 1.57. The molecule has 0 amide bonds. The summed E-state index contributed by atoms with van der Waals surface area (Å²) in [5, 5.41) is 16.3. The normalized spacial score (nSPS) is 10.4. The molecule has 2 aromatic heterocycles. The van der Waals surface area contributed by atoms with Gasteiger partial charge in [-0.1, -0.05) is 0 Å². The predicted octanol–water partition coefficient (Wildman–Crippen LogP) is 1.55. The van der Waals surface area contributed by atoms with Gasteiger partial charge in [-0.2, -0.15) is 0 Å². The number of nitrogens with zero attached hydrogens (tertiary/aromatic N) is 3. The standard InChI is InChI=1S/C12H13N3O4/c1-18-11-8(4-3-7-13-11)12-15-14-9(19-12)5-2-6-10(16)17/h3-4,7H,2,5-6H2,1H3,(H,16,17). The van der Waals surface area contributed by atoms with Gasteiger partial charge >= 0.3 is 5.97 Å². The lowest BCUT2D eigenvalue weighted by molar-refractivity contribution is -0.137. The van der Waals surface area contributed by atoms with Gasteiger partial charge in [-0.3, -0.25) is 4.79 Å². The molecule has 0 bridgehead atoms. The molecule has 0 aromatic carbocycles. The molecule has 0 radical (unpaired) electrons. The van der Waals surface area contributed by atoms with Crippen LogP contribution in [-0.4, -0.2) is 33.4 Å². The Balaban J connectivity index is 2.10. The van der Waals surface area contributed by atoms with E-state index >= 15 is 0 Å². The second kappa shape index (κ2) is 5.94. The number of rotatable bonds is 6. The molecule has 0 atom stereocenters. The van der Waals surface area contributed by atoms with Crippen molar-refractivity contribution >= 4 is 5.97 Å². The van der Waals surface area contributed by atoms with E-state index in [1.54, 1.807) is 18.3 Å². The van der Waals surface area contributed by atoms with Crippen molar-refractivity contribution in [3.8, 4) is 17.3 Å². The first-order valence-electron chi connectivity index (χ1n) is 5.74. The number of aliphatic carboxylic acids is 1. The van der Waals surface area contributed by atoms with Crippen LogP contribution in [-0.2, 0) is 11.2 Å². The zero-order valence-corrected chi connectivity index (χ0v) is 10.4. The first-order valence-corrected chi connectivity index (χ1v) is 5.74. The van der Waals surface area contributed by atoms with Gasteiger partial charge in [0.1, 0.15) is 5.56 Å². The highest BCUT2D eigenvalue weighted by Gasteiger charge is 2.14. The molecule has 0 spiro atoms. The van der Waals surface area contributed by atoms with Crippen LogP contribution in [0.2, 0.25) is 0 Å². The molecular formula is C12H13N3O4. The molecule has 2 rings (SSSR count). The highest BCUT2D eigenvalue weighted by Crippen LogP contribution is 2.26. The molecule has 0 aliphatic rings. The number of ether oxygens (including phenoxy) is 1. The van der Waals surface area contributed by atoms with Crippen LogP contribution in [0.5, 0.6) is 5.88 Å². The van der Waals surface area contributed by atoms with E-state index in [0.717, 1.165) is 0 Å². The smallest absolute Gasteiger partial charge is 0.303 e. The molecule has 7 heteroatoms. The Morgan fingerprint density at radius 1 is 1.47 bits per heavy atom. The molecule has 100 valence electrons. The highest BCUT2D eigenvalue weighted by atomic mass is 16.5. The number of methoxy groups -OCH3 is 1. The van der Waals surface area contributed by atoms with Crippen LogP contribution < -0.4 is 4.74 Å². The van der Waals surface area contributed by atoms with E-state index in [9.17, 15) is 4.79 Å². The summed E-state index contributed by atoms with van der Waals surface area (Å²) in [6, 6.07) is 3.51. The summed E-state index contributed by atoms with van der Waals surface area (Å²) in [5.74, 6) is 0.286. The van der Waals surface area contributed by atoms with Crippen LogP contribution in [0.1, 0.15) is 18.7 Å². The number of hydrogen-bond acceptors (Lipinski definition) is 6. The predicted molar refractivity (Wildman–Crippen MR) is 64.7 cm³/mol. The maximum atomic E-state index is 10.4. The summed E-state index contributed by atoms with van der Waals surface area (Å²) in [4.78, 5) is 14.4. The Morgan fingerprint density at radius 3 is 3.05 bits per heavy atom. The number of carbonyl (C=O) groups is 1. The monoisotopic (exact) mass is 263 g/mol. The molecule has 0 saturated carbocycles. The van der Waals surface area contributed by atoms with E-state index in [-0.39, 0.29) is 6.42 Å². The van der Waals surface area contributed by atoms with E-state index in [1.165, 1.54) is 7.11 Å². The number of hydrogen-bond donors (Lipinski definition) is 1. The second-order valence-corrected chi connectivity index (χ2v) is 3.81. The third-order valence-corrected chi connectivity index (χ3v) is 2.44. The van der Waals surface area contributed by atoms with Crippen LogP contribution in [0.3, 0.4) is 0 Å². The van der Waals surface area contributed by atoms with Gasteiger partial charge in [-0.05, 0) is 18.6 Å². The van der Waals surface area contributed by atoms with Crippen LogP contribution >= 0.6 is 0 Å². The van der Waals surface area contributed by atoms with Gasteiger partial charge in [-0.15, -0.1) is 10.2 Å². The topological polar surface area (TPSA) is 98.3 Å². The molecule has 1 N–H and O–H groups in total. The first-order chi connectivity index (χ1) is 9.20. The van der Waals surface area contributed by atoms with Crippen molar-refractivity contribution in [2.24, 2.45) is 0 Å². The van der Waals surface area contributed by atoms with E-state index in [2.05, 4.69) is 15.2 Å². The lowest BCUT2D eigenvalue weighted by atomic mass is 10.2. The molecule has 0 fully saturated rings. The summed E-state index contributed by atoms with van der Waals surface area (Å²) in [6.07, 6.45) is 2.57. The fraction of sp³-hybridized carbons (Fsp3) is 0.333. The summed E-state index contributed by atoms with van der Waals surface area (Å²) in [7, 11) is 1.51. The number of aryl methyl sites for hydroxylation is 1. The fourth-order valence-corrected chi connectivity index (χ4v) is 1.57. The zero-order valence-electron chi connectivity index (χ0n) is 10.4. The Morgan fingerprint density at radius 2 is 2.32 bits per heavy atom. The average Bonchev–Trinajstić information content (AvgIpc) is 2.87. The SMILES string of the molecule is COc1ncccc1-c1nnc(CCCC(=O)O)o1. The minimum absolute atomic E-state index is 0.0773. The molecule has 0 aliphatic carbocycles. The minimum Gasteiger partial charge on any atom is -0.481 e. The van der Waals surface area contributed by atoms with E-state index < -0.39 is 5.97 Å². The van der Waals surface area contributed by atoms with Crippen molar-refractivity contribution in [3.63, 3.8) is 0 Å². The molecule has 0 saturated heterocycles. The molecule has 7 nitrogen and oxygen atoms in total. The van der Waals surface area contributed by atoms with Gasteiger partial charge in [0.2, 0.25) is 11.8 Å². The summed E-state index contributed by atoms with van der Waals surface area (Å²) in [6.45, 7) is 0. The van der Waals surface area contributed by atoms with Crippen LogP contribution in [0.15, 0.2) is 22.7 Å². The van der Waals surface area contributed by atoms with Crippen LogP contribution in [0, 0.1) is 0 Å². The van der Waals surface area contributed by atoms with Gasteiger partial charge in [0.15, 0.2) is 0 Å². The van der Waals surface area contributed by atoms with Crippen molar-refractivity contribution in [2.75, 3.05) is 7.11 Å². The Hall–Kier alpha value is -2.44. The van der Waals surface area contributed by atoms with Gasteiger partial charge < -0.3 is 14.3 Å². The maximum Gasteiger partial charge on any atom is 0.303 e. The number of carboxylic acid groups (broad SMARTS) is 1. The van der Waals surface area contributed by atoms with Gasteiger partial charge in [-0.25, -0.2) is 4.98 Å². The average molecular weight is 263 g/mol. The van der Waals surface area contributed by atoms with Crippen molar-refractivity contribution in [1.82, 2.24) is 15.2 Å². The molecule has 0 aliphatic heterocycles. The second-order valence-electron chi connectivity index (χ2n) is 3.81. The lowest BCUT2D eigenvalue weighted by Crippen LogP contribution is -1.95. The van der Waals surface area contributed by atoms with E-state index in [1.807, 2.05) is 0 Å². The lowest BCUT2D eigenvalue weighted by Gasteiger charge is -2.01. The summed E-state index contributed by atoms with van der Waals surface area (Å²) < 4.78 is 10.6. The summed E-state index contributed by atoms with van der Waals surface area (Å²) >= 11 is 0. The third kappa shape index (κ3) is 3.27. The van der Waals surface area contributed by atoms with Gasteiger partial charge in [0.25, 0.3) is 5.89 Å². The van der Waals surface area contributed by atoms with Gasteiger partial charge in [0, 0.05) is 19.0 Å². The van der Waals surface area contributed by atoms with E-state index in [4.69, 9.17) is 14.3 Å². The minimum atomic E-state index is -0.839. The van der Waals surface area contributed by atoms with Crippen molar-refractivity contribution in [2.45, 2.75) is 19.3 Å². The molecular weight excluding hydrogens is 250 g/mol. The number of pyridine rings is 1. The molecule has 0 unspecified atom stereocenters.